The van der Waals surface area contributed by atoms with E-state index in [4.69, 9.17) is 17.2 Å². The number of anilines is 3. The smallest absolute Gasteiger partial charge is 0.0784 e. The van der Waals surface area contributed by atoms with Crippen LogP contribution >= 0.6 is 0 Å². The van der Waals surface area contributed by atoms with Crippen LogP contribution in [0, 0.1) is 0 Å². The molecule has 2 bridgehead atoms. The largest absolute Gasteiger partial charge is 0.397 e. The molecule has 3 aromatic carbocycles. The monoisotopic (exact) mass is 299 g/mol. The summed E-state index contributed by atoms with van der Waals surface area (Å²) in [5, 5.41) is 0. The molecule has 0 amide bonds. The summed E-state index contributed by atoms with van der Waals surface area (Å²) >= 11 is 0. The van der Waals surface area contributed by atoms with Crippen LogP contribution in [0.5, 0.6) is 0 Å². The van der Waals surface area contributed by atoms with E-state index < -0.39 is 0 Å². The van der Waals surface area contributed by atoms with Crippen LogP contribution in [-0.2, 0) is 0 Å². The Bertz CT molecular complexity index is 927. The Hall–Kier alpha value is -2.94. The minimum atomic E-state index is 0.144. The van der Waals surface area contributed by atoms with Crippen molar-refractivity contribution >= 4 is 17.1 Å². The molecule has 3 aliphatic carbocycles. The van der Waals surface area contributed by atoms with Crippen LogP contribution in [0.4, 0.5) is 17.1 Å². The first-order chi connectivity index (χ1) is 11.2. The Balaban J connectivity index is 1.94. The first kappa shape index (κ1) is 12.6. The highest BCUT2D eigenvalue weighted by molar-refractivity contribution is 5.86. The van der Waals surface area contributed by atoms with Crippen molar-refractivity contribution in [2.24, 2.45) is 0 Å². The molecule has 6 N–H and O–H groups in total. The van der Waals surface area contributed by atoms with E-state index in [1.54, 1.807) is 0 Å². The van der Waals surface area contributed by atoms with E-state index in [2.05, 4.69) is 48.5 Å². The maximum atomic E-state index is 6.40. The second-order valence-corrected chi connectivity index (χ2v) is 6.42. The van der Waals surface area contributed by atoms with E-state index >= 15 is 0 Å². The lowest BCUT2D eigenvalue weighted by molar-refractivity contribution is 0.757. The minimum absolute atomic E-state index is 0.144. The van der Waals surface area contributed by atoms with Gasteiger partial charge in [-0.3, -0.25) is 0 Å². The van der Waals surface area contributed by atoms with E-state index in [1.807, 2.05) is 6.07 Å². The lowest BCUT2D eigenvalue weighted by Gasteiger charge is -2.43. The summed E-state index contributed by atoms with van der Waals surface area (Å²) in [5.41, 5.74) is 28.1. The zero-order chi connectivity index (χ0) is 15.7. The van der Waals surface area contributed by atoms with E-state index in [9.17, 15) is 0 Å². The summed E-state index contributed by atoms with van der Waals surface area (Å²) < 4.78 is 0. The van der Waals surface area contributed by atoms with Crippen LogP contribution in [0.1, 0.15) is 45.2 Å². The van der Waals surface area contributed by atoms with Gasteiger partial charge in [0, 0.05) is 11.8 Å². The van der Waals surface area contributed by atoms with Crippen molar-refractivity contribution in [3.05, 3.63) is 88.0 Å². The summed E-state index contributed by atoms with van der Waals surface area (Å²) in [6, 6.07) is 19.3. The fourth-order valence-corrected chi connectivity index (χ4v) is 4.39. The number of benzene rings is 3. The quantitative estimate of drug-likeness (QED) is 0.383. The molecule has 6 rings (SSSR count). The van der Waals surface area contributed by atoms with Crippen molar-refractivity contribution in [3.8, 4) is 0 Å². The van der Waals surface area contributed by atoms with Crippen LogP contribution in [0.15, 0.2) is 54.6 Å². The number of hydrogen-bond acceptors (Lipinski definition) is 3. The normalized spacial score (nSPS) is 19.8. The summed E-state index contributed by atoms with van der Waals surface area (Å²) in [6.07, 6.45) is 0. The Morgan fingerprint density at radius 3 is 1.57 bits per heavy atom. The second-order valence-electron chi connectivity index (χ2n) is 6.42. The maximum absolute atomic E-state index is 6.40. The molecule has 0 saturated heterocycles. The van der Waals surface area contributed by atoms with Crippen LogP contribution in [0.2, 0.25) is 0 Å². The van der Waals surface area contributed by atoms with Gasteiger partial charge in [0.15, 0.2) is 0 Å². The van der Waals surface area contributed by atoms with Gasteiger partial charge in [-0.25, -0.2) is 0 Å². The topological polar surface area (TPSA) is 78.1 Å². The third-order valence-electron chi connectivity index (χ3n) is 5.35. The highest BCUT2D eigenvalue weighted by Gasteiger charge is 2.42. The Morgan fingerprint density at radius 2 is 1.04 bits per heavy atom. The van der Waals surface area contributed by atoms with Gasteiger partial charge in [-0.2, -0.15) is 0 Å². The predicted octanol–water partition coefficient (Wildman–Crippen LogP) is 3.42. The van der Waals surface area contributed by atoms with Gasteiger partial charge in [0.05, 0.1) is 17.1 Å². The molecule has 0 spiro atoms. The lowest BCUT2D eigenvalue weighted by Crippen LogP contribution is -2.29. The molecule has 3 aromatic rings. The zero-order valence-electron chi connectivity index (χ0n) is 12.6. The first-order valence-corrected chi connectivity index (χ1v) is 7.83. The summed E-state index contributed by atoms with van der Waals surface area (Å²) in [4.78, 5) is 0. The van der Waals surface area contributed by atoms with Crippen LogP contribution in [0.25, 0.3) is 0 Å². The molecule has 0 aliphatic heterocycles. The van der Waals surface area contributed by atoms with E-state index in [0.29, 0.717) is 17.1 Å². The highest BCUT2D eigenvalue weighted by Crippen LogP contribution is 2.58. The number of rotatable bonds is 0. The molecule has 0 radical (unpaired) electrons. The summed E-state index contributed by atoms with van der Waals surface area (Å²) in [5.74, 6) is 0.331. The standard InChI is InChI=1S/C20H17N3/c21-15-9-14-16-10-5-1-3-7-12(10)17(18(14)20(23)19(15)22)13-8-4-2-6-11(13)16/h1-9,16-17H,21-23H2. The fourth-order valence-electron chi connectivity index (χ4n) is 4.39. The summed E-state index contributed by atoms with van der Waals surface area (Å²) in [7, 11) is 0. The number of hydrogen-bond donors (Lipinski definition) is 3. The van der Waals surface area contributed by atoms with Crippen molar-refractivity contribution < 1.29 is 0 Å². The molecular formula is C20H17N3. The number of nitrogen functional groups attached to an aromatic ring is 3. The van der Waals surface area contributed by atoms with Crippen molar-refractivity contribution in [2.45, 2.75) is 11.8 Å². The molecule has 0 atom stereocenters. The highest BCUT2D eigenvalue weighted by atomic mass is 14.7. The van der Waals surface area contributed by atoms with Gasteiger partial charge >= 0.3 is 0 Å². The zero-order valence-corrected chi connectivity index (χ0v) is 12.6. The molecule has 0 fully saturated rings. The predicted molar refractivity (Wildman–Crippen MR) is 94.5 cm³/mol. The fraction of sp³-hybridized carbons (Fsp3) is 0.100. The average molecular weight is 299 g/mol. The van der Waals surface area contributed by atoms with Crippen molar-refractivity contribution in [1.82, 2.24) is 0 Å². The molecule has 0 aromatic heterocycles. The van der Waals surface area contributed by atoms with E-state index in [1.165, 1.54) is 27.8 Å². The van der Waals surface area contributed by atoms with Gasteiger partial charge in [-0.1, -0.05) is 48.5 Å². The van der Waals surface area contributed by atoms with Gasteiger partial charge in [-0.05, 0) is 39.4 Å². The van der Waals surface area contributed by atoms with Gasteiger partial charge in [0.25, 0.3) is 0 Å². The number of nitrogens with two attached hydrogens (primary N) is 3. The Labute approximate surface area is 134 Å². The van der Waals surface area contributed by atoms with E-state index in [0.717, 1.165) is 5.56 Å². The van der Waals surface area contributed by atoms with Gasteiger partial charge < -0.3 is 17.2 Å². The van der Waals surface area contributed by atoms with Crippen LogP contribution in [0.3, 0.4) is 0 Å². The minimum Gasteiger partial charge on any atom is -0.397 e. The average Bonchev–Trinajstić information content (AvgIpc) is 2.59. The molecule has 0 saturated carbocycles. The van der Waals surface area contributed by atoms with Gasteiger partial charge in [0.2, 0.25) is 0 Å². The van der Waals surface area contributed by atoms with E-state index in [-0.39, 0.29) is 11.8 Å². The van der Waals surface area contributed by atoms with Crippen molar-refractivity contribution in [3.63, 3.8) is 0 Å². The third kappa shape index (κ3) is 1.39. The molecule has 0 heterocycles. The second kappa shape index (κ2) is 4.07. The molecular weight excluding hydrogens is 282 g/mol. The first-order valence-electron chi connectivity index (χ1n) is 7.83. The Kier molecular flexibility index (Phi) is 2.23. The molecule has 3 aliphatic rings. The maximum Gasteiger partial charge on any atom is 0.0784 e. The van der Waals surface area contributed by atoms with Crippen molar-refractivity contribution in [1.29, 1.82) is 0 Å². The lowest BCUT2D eigenvalue weighted by atomic mass is 9.60. The molecule has 3 heteroatoms. The molecule has 3 nitrogen and oxygen atoms in total. The van der Waals surface area contributed by atoms with Crippen molar-refractivity contribution in [2.75, 3.05) is 17.2 Å². The van der Waals surface area contributed by atoms with Gasteiger partial charge in [0.1, 0.15) is 0 Å². The molecule has 0 unspecified atom stereocenters. The Morgan fingerprint density at radius 1 is 0.565 bits per heavy atom. The van der Waals surface area contributed by atoms with Crippen LogP contribution < -0.4 is 17.2 Å². The molecule has 23 heavy (non-hydrogen) atoms. The van der Waals surface area contributed by atoms with Gasteiger partial charge in [-0.15, -0.1) is 0 Å². The van der Waals surface area contributed by atoms with Crippen LogP contribution in [-0.4, -0.2) is 0 Å². The summed E-state index contributed by atoms with van der Waals surface area (Å²) in [6.45, 7) is 0. The molecule has 112 valence electrons. The third-order valence-corrected chi connectivity index (χ3v) is 5.35. The SMILES string of the molecule is Nc1cc2c(c(N)c1N)C1c3ccccc3C2c2ccccc21.